The third kappa shape index (κ3) is 2.20. The molecule has 0 atom stereocenters. The molecule has 2 aromatic rings. The van der Waals surface area contributed by atoms with Gasteiger partial charge in [-0.05, 0) is 37.0 Å². The zero-order chi connectivity index (χ0) is 12.7. The molecule has 1 amide bonds. The van der Waals surface area contributed by atoms with E-state index in [2.05, 4.69) is 25.9 Å². The highest BCUT2D eigenvalue weighted by Gasteiger charge is 2.29. The number of amides is 1. The molecular weight excluding hydrogens is 298 g/mol. The predicted molar refractivity (Wildman–Crippen MR) is 71.9 cm³/mol. The number of carboxylic acid groups (broad SMARTS) is 1. The Kier molecular flexibility index (Phi) is 2.74. The van der Waals surface area contributed by atoms with Gasteiger partial charge >= 0.3 is 6.09 Å². The van der Waals surface area contributed by atoms with Gasteiger partial charge in [0.05, 0.1) is 11.0 Å². The van der Waals surface area contributed by atoms with Crippen molar-refractivity contribution in [3.05, 3.63) is 22.7 Å². The van der Waals surface area contributed by atoms with Crippen molar-refractivity contribution < 1.29 is 9.90 Å². The molecule has 2 N–H and O–H groups in total. The molecule has 94 valence electrons. The quantitative estimate of drug-likeness (QED) is 0.914. The number of carbonyl (C=O) groups is 1. The van der Waals surface area contributed by atoms with E-state index in [1.54, 1.807) is 0 Å². The zero-order valence-corrected chi connectivity index (χ0v) is 11.1. The average Bonchev–Trinajstić information content (AvgIpc) is 3.04. The molecule has 0 aliphatic heterocycles. The van der Waals surface area contributed by atoms with Crippen LogP contribution in [0.3, 0.4) is 0 Å². The molecule has 6 heteroatoms. The van der Waals surface area contributed by atoms with E-state index < -0.39 is 6.09 Å². The number of nitrogens with one attached hydrogen (secondary N) is 1. The van der Waals surface area contributed by atoms with Crippen molar-refractivity contribution in [2.75, 3.05) is 11.4 Å². The first-order valence-corrected chi connectivity index (χ1v) is 6.58. The lowest BCUT2D eigenvalue weighted by Crippen LogP contribution is -2.32. The van der Waals surface area contributed by atoms with Crippen molar-refractivity contribution in [3.8, 4) is 0 Å². The monoisotopic (exact) mass is 309 g/mol. The van der Waals surface area contributed by atoms with E-state index in [0.29, 0.717) is 18.4 Å². The first-order chi connectivity index (χ1) is 8.63. The van der Waals surface area contributed by atoms with E-state index in [9.17, 15) is 9.90 Å². The lowest BCUT2D eigenvalue weighted by atomic mass is 10.3. The lowest BCUT2D eigenvalue weighted by molar-refractivity contribution is 0.201. The molecule has 0 spiro atoms. The number of aromatic amines is 1. The van der Waals surface area contributed by atoms with E-state index in [1.807, 2.05) is 18.2 Å². The smallest absolute Gasteiger partial charge is 0.414 e. The third-order valence-electron chi connectivity index (χ3n) is 3.06. The number of hydrogen-bond acceptors (Lipinski definition) is 2. The summed E-state index contributed by atoms with van der Waals surface area (Å²) >= 11 is 3.38. The summed E-state index contributed by atoms with van der Waals surface area (Å²) in [5, 5.41) is 9.24. The molecular formula is C12H12BrN3O2. The minimum Gasteiger partial charge on any atom is -0.465 e. The molecule has 1 fully saturated rings. The Morgan fingerprint density at radius 2 is 2.33 bits per heavy atom. The molecule has 1 aromatic heterocycles. The van der Waals surface area contributed by atoms with Crippen molar-refractivity contribution in [2.24, 2.45) is 5.92 Å². The largest absolute Gasteiger partial charge is 0.465 e. The molecule has 1 aromatic carbocycles. The maximum absolute atomic E-state index is 11.3. The van der Waals surface area contributed by atoms with Gasteiger partial charge in [-0.3, -0.25) is 0 Å². The molecule has 18 heavy (non-hydrogen) atoms. The Labute approximate surface area is 112 Å². The van der Waals surface area contributed by atoms with E-state index in [1.165, 1.54) is 4.90 Å². The van der Waals surface area contributed by atoms with E-state index in [-0.39, 0.29) is 0 Å². The number of anilines is 1. The van der Waals surface area contributed by atoms with Gasteiger partial charge in [-0.15, -0.1) is 0 Å². The highest BCUT2D eigenvalue weighted by atomic mass is 79.9. The molecule has 1 aliphatic rings. The maximum atomic E-state index is 11.3. The van der Waals surface area contributed by atoms with Gasteiger partial charge in [-0.1, -0.05) is 15.9 Å². The van der Waals surface area contributed by atoms with E-state index in [0.717, 1.165) is 28.3 Å². The van der Waals surface area contributed by atoms with Crippen molar-refractivity contribution in [1.29, 1.82) is 0 Å². The Balaban J connectivity index is 1.97. The number of aromatic nitrogens is 2. The van der Waals surface area contributed by atoms with Crippen LogP contribution in [0.5, 0.6) is 0 Å². The fourth-order valence-corrected chi connectivity index (χ4v) is 2.27. The molecule has 3 rings (SSSR count). The summed E-state index contributed by atoms with van der Waals surface area (Å²) in [6.45, 7) is 0.524. The first kappa shape index (κ1) is 11.5. The van der Waals surface area contributed by atoms with Crippen LogP contribution < -0.4 is 4.90 Å². The third-order valence-corrected chi connectivity index (χ3v) is 3.55. The lowest BCUT2D eigenvalue weighted by Gasteiger charge is -2.15. The normalized spacial score (nSPS) is 14.9. The molecule has 0 bridgehead atoms. The van der Waals surface area contributed by atoms with Crippen LogP contribution in [0.25, 0.3) is 11.0 Å². The van der Waals surface area contributed by atoms with Gasteiger partial charge in [-0.25, -0.2) is 14.7 Å². The highest BCUT2D eigenvalue weighted by Crippen LogP contribution is 2.31. The minimum absolute atomic E-state index is 0.405. The highest BCUT2D eigenvalue weighted by molar-refractivity contribution is 9.10. The van der Waals surface area contributed by atoms with Gasteiger partial charge in [0, 0.05) is 11.0 Å². The number of rotatable bonds is 3. The van der Waals surface area contributed by atoms with E-state index in [4.69, 9.17) is 0 Å². The Bertz CT molecular complexity index is 606. The van der Waals surface area contributed by atoms with Gasteiger partial charge in [0.1, 0.15) is 0 Å². The second-order valence-electron chi connectivity index (χ2n) is 4.56. The number of halogens is 1. The van der Waals surface area contributed by atoms with Gasteiger partial charge < -0.3 is 10.1 Å². The molecule has 0 radical (unpaired) electrons. The number of H-pyrrole nitrogens is 1. The maximum Gasteiger partial charge on any atom is 0.414 e. The van der Waals surface area contributed by atoms with Gasteiger partial charge in [0.2, 0.25) is 5.95 Å². The summed E-state index contributed by atoms with van der Waals surface area (Å²) in [4.78, 5) is 19.9. The summed E-state index contributed by atoms with van der Waals surface area (Å²) < 4.78 is 0.939. The van der Waals surface area contributed by atoms with Crippen LogP contribution in [-0.2, 0) is 0 Å². The molecule has 1 aliphatic carbocycles. The van der Waals surface area contributed by atoms with E-state index >= 15 is 0 Å². The predicted octanol–water partition coefficient (Wildman–Crippen LogP) is 3.22. The number of benzene rings is 1. The van der Waals surface area contributed by atoms with Crippen LogP contribution >= 0.6 is 15.9 Å². The second-order valence-corrected chi connectivity index (χ2v) is 5.47. The average molecular weight is 310 g/mol. The zero-order valence-electron chi connectivity index (χ0n) is 9.56. The van der Waals surface area contributed by atoms with Crippen molar-refractivity contribution >= 4 is 39.0 Å². The number of imidazole rings is 1. The summed E-state index contributed by atoms with van der Waals surface area (Å²) in [5.41, 5.74) is 1.61. The van der Waals surface area contributed by atoms with Gasteiger partial charge in [-0.2, -0.15) is 0 Å². The topological polar surface area (TPSA) is 69.2 Å². The molecule has 1 saturated carbocycles. The van der Waals surface area contributed by atoms with Crippen LogP contribution in [0, 0.1) is 5.92 Å². The van der Waals surface area contributed by atoms with Crippen molar-refractivity contribution in [1.82, 2.24) is 9.97 Å². The Morgan fingerprint density at radius 3 is 3.00 bits per heavy atom. The van der Waals surface area contributed by atoms with Gasteiger partial charge in [0.25, 0.3) is 0 Å². The van der Waals surface area contributed by atoms with Crippen molar-refractivity contribution in [2.45, 2.75) is 12.8 Å². The van der Waals surface area contributed by atoms with Crippen LogP contribution in [0.1, 0.15) is 12.8 Å². The molecule has 0 unspecified atom stereocenters. The fourth-order valence-electron chi connectivity index (χ4n) is 1.91. The Morgan fingerprint density at radius 1 is 1.56 bits per heavy atom. The first-order valence-electron chi connectivity index (χ1n) is 5.79. The van der Waals surface area contributed by atoms with Crippen LogP contribution in [-0.4, -0.2) is 27.7 Å². The summed E-state index contributed by atoms with van der Waals surface area (Å²) in [7, 11) is 0. The summed E-state index contributed by atoms with van der Waals surface area (Å²) in [5.74, 6) is 0.892. The summed E-state index contributed by atoms with van der Waals surface area (Å²) in [6, 6.07) is 5.64. The standard InChI is InChI=1S/C12H12BrN3O2/c13-8-3-4-9-10(5-8)15-11(14-9)16(12(17)18)6-7-1-2-7/h3-5,7H,1-2,6H2,(H,14,15)(H,17,18). The Hall–Kier alpha value is -1.56. The second kappa shape index (κ2) is 4.28. The molecule has 1 heterocycles. The summed E-state index contributed by atoms with van der Waals surface area (Å²) in [6.07, 6.45) is 1.26. The van der Waals surface area contributed by atoms with Crippen LogP contribution in [0.4, 0.5) is 10.7 Å². The number of nitrogens with zero attached hydrogens (tertiary/aromatic N) is 2. The number of hydrogen-bond donors (Lipinski definition) is 2. The minimum atomic E-state index is -0.958. The van der Waals surface area contributed by atoms with Crippen LogP contribution in [0.2, 0.25) is 0 Å². The van der Waals surface area contributed by atoms with Crippen molar-refractivity contribution in [3.63, 3.8) is 0 Å². The fraction of sp³-hybridized carbons (Fsp3) is 0.333. The molecule has 5 nitrogen and oxygen atoms in total. The van der Waals surface area contributed by atoms with Crippen LogP contribution in [0.15, 0.2) is 22.7 Å². The van der Waals surface area contributed by atoms with Gasteiger partial charge in [0.15, 0.2) is 0 Å². The molecule has 0 saturated heterocycles. The SMILES string of the molecule is O=C(O)N(CC1CC1)c1nc2ccc(Br)cc2[nH]1. The number of fused-ring (bicyclic) bond motifs is 1.